The number of aromatic amines is 3. The second kappa shape index (κ2) is 61.8. The predicted octanol–water partition coefficient (Wildman–Crippen LogP) is -2.95. The lowest BCUT2D eigenvalue weighted by Crippen LogP contribution is -2.61. The number of carboxylic acid groups (broad SMARTS) is 1. The van der Waals surface area contributed by atoms with Crippen molar-refractivity contribution in [3.05, 3.63) is 96.0 Å². The summed E-state index contributed by atoms with van der Waals surface area (Å²) in [5.74, 6) is -14.5. The van der Waals surface area contributed by atoms with Gasteiger partial charge in [0.1, 0.15) is 78.9 Å². The average molecular weight is 1920 g/mol. The number of carbonyl (C=O) groups is 16. The molecule has 5 heterocycles. The summed E-state index contributed by atoms with van der Waals surface area (Å²) in [5.41, 5.74) is 19.3. The maximum Gasteiger partial charge on any atom is 0.303 e. The van der Waals surface area contributed by atoms with Gasteiger partial charge in [-0.2, -0.15) is 0 Å². The molecule has 12 atom stereocenters. The third-order valence-electron chi connectivity index (χ3n) is 23.2. The number of benzene rings is 2. The number of aliphatic hydroxyl groups is 2. The van der Waals surface area contributed by atoms with E-state index in [1.807, 2.05) is 6.07 Å². The van der Waals surface area contributed by atoms with E-state index in [4.69, 9.17) is 32.1 Å². The summed E-state index contributed by atoms with van der Waals surface area (Å²) in [6, 6.07) is -2.09. The molecular weight excluding hydrogens is 1780 g/mol. The van der Waals surface area contributed by atoms with E-state index in [0.29, 0.717) is 34.9 Å². The number of para-hydroxylation sites is 1. The number of nitrogens with one attached hydrogen (secondary N) is 18. The van der Waals surface area contributed by atoms with Crippen molar-refractivity contribution < 1.29 is 102 Å². The van der Waals surface area contributed by atoms with Gasteiger partial charge in [-0.3, -0.25) is 82.1 Å². The van der Waals surface area contributed by atoms with Gasteiger partial charge in [0, 0.05) is 107 Å². The maximum atomic E-state index is 15.3. The summed E-state index contributed by atoms with van der Waals surface area (Å²) in [7, 11) is 0. The summed E-state index contributed by atoms with van der Waals surface area (Å²) in [4.78, 5) is 235. The van der Waals surface area contributed by atoms with E-state index in [-0.39, 0.29) is 115 Å². The SMILES string of the molecule is CCCC[C@H](NC(=O)[C@@H](CO)NC(=O)[C@H](Cc1c[nH]cn1)NC(=O)[C@H](CCC(=O)O)NC(=O)[C@H](CN)NC(=O)CNC(=O)COCCOCCNC(=O)CCCCCCCCCCCCCCCc1nnn[nH]1)C(=O)N[C@H]1CCC(=O)NCCCC[C@@H](C(N)=O)NC(=O)[C@H](Cc2c[nH]c3ccccc23)NC(=O)[C@H](CCCNC(=N)N)NC(=O)[C@@H](Cc2ccccc2)NC(=O)[C@@H]2C[C@@H](O)CN2C1=O. The van der Waals surface area contributed by atoms with E-state index in [1.54, 1.807) is 61.7 Å². The lowest BCUT2D eigenvalue weighted by Gasteiger charge is -2.31. The third kappa shape index (κ3) is 41.5. The number of tetrazole rings is 1. The number of hydrogen-bond acceptors (Lipinski definition) is 26. The Morgan fingerprint density at radius 3 is 1.91 bits per heavy atom. The molecular formula is C90H138N26O21. The van der Waals surface area contributed by atoms with Crippen molar-refractivity contribution in [2.75, 3.05) is 72.3 Å². The standard InChI is InChI=1S/C90H138N26O21/c1-2-3-28-63(80(126)107-66-34-36-75(120)96-38-23-22-30-62(79(92)125)103-84(130)68(45-57-49-99-61-29-21-20-27-60(57)61)108-81(127)64(31-24-39-98-90(93)94)104-83(129)67(44-56-25-16-15-17-26-56)110-88(134)72-47-59(118)52-116(72)89(66)135)105-87(133)71(53-117)111-85(131)69(46-58-50-95-55-101-58)109-82(128)65(35-37-78(123)124)106-86(132)70(48-91)102-76(121)51-100-77(122)54-137-43-42-136-41-40-97-74(119)33-19-14-12-10-8-6-4-5-7-9-11-13-18-32-73-112-114-115-113-73/h15-17,20-21,25-27,29,49-50,55,59,62-72,99,117-118H,2-14,18-19,22-24,28,30-48,51-54,91H2,1H3,(H2,92,125)(H,95,101)(H,96,120)(H,97,119)(H,100,122)(H,102,121)(H,103,130)(H,104,129)(H,105,133)(H,106,132)(H,107,126)(H,108,127)(H,109,128)(H,110,134)(H,111,131)(H,123,124)(H4,93,94,98)(H,112,113,114,115)/t59-,62+,63+,64+,65+,66+,67-,68+,69+,70+,71-,72+/m1/s1. The van der Waals surface area contributed by atoms with Gasteiger partial charge in [0.25, 0.3) is 0 Å². The number of aryl methyl sites for hydroxylation is 1. The molecule has 2 saturated heterocycles. The van der Waals surface area contributed by atoms with E-state index >= 15 is 14.4 Å². The molecule has 0 bridgehead atoms. The van der Waals surface area contributed by atoms with Crippen LogP contribution in [0.2, 0.25) is 0 Å². The van der Waals surface area contributed by atoms with Crippen LogP contribution >= 0.6 is 0 Å². The lowest BCUT2D eigenvalue weighted by molar-refractivity contribution is -0.143. The average Bonchev–Trinajstić information content (AvgIpc) is 1.66. The van der Waals surface area contributed by atoms with Crippen molar-refractivity contribution in [2.24, 2.45) is 17.2 Å². The molecule has 7 rings (SSSR count). The number of fused-ring (bicyclic) bond motifs is 2. The highest BCUT2D eigenvalue weighted by Gasteiger charge is 2.44. The zero-order valence-electron chi connectivity index (χ0n) is 77.7. The van der Waals surface area contributed by atoms with Crippen LogP contribution < -0.4 is 91.6 Å². The number of aromatic nitrogens is 7. The molecule has 754 valence electrons. The second-order valence-corrected chi connectivity index (χ2v) is 34.1. The summed E-state index contributed by atoms with van der Waals surface area (Å²) >= 11 is 0. The van der Waals surface area contributed by atoms with Crippen LogP contribution in [0, 0.1) is 5.41 Å². The van der Waals surface area contributed by atoms with Gasteiger partial charge < -0.3 is 131 Å². The fourth-order valence-corrected chi connectivity index (χ4v) is 15.6. The molecule has 0 aliphatic carbocycles. The Kier molecular flexibility index (Phi) is 50.0. The number of ether oxygens (including phenoxy) is 2. The first-order valence-corrected chi connectivity index (χ1v) is 47.2. The fraction of sp³-hybridized carbons (Fsp3) is 0.611. The largest absolute Gasteiger partial charge is 0.481 e. The lowest BCUT2D eigenvalue weighted by atomic mass is 10.0. The Morgan fingerprint density at radius 2 is 1.24 bits per heavy atom. The summed E-state index contributed by atoms with van der Waals surface area (Å²) < 4.78 is 10.9. The number of carboxylic acids is 1. The van der Waals surface area contributed by atoms with Gasteiger partial charge in [-0.05, 0) is 91.8 Å². The minimum atomic E-state index is -1.93. The van der Waals surface area contributed by atoms with Crippen molar-refractivity contribution in [2.45, 2.75) is 279 Å². The van der Waals surface area contributed by atoms with Crippen LogP contribution in [0.15, 0.2) is 73.3 Å². The third-order valence-corrected chi connectivity index (χ3v) is 23.2. The number of rotatable bonds is 56. The number of aliphatic hydroxyl groups excluding tert-OH is 2. The number of imidazole rings is 1. The van der Waals surface area contributed by atoms with Crippen LogP contribution in [0.5, 0.6) is 0 Å². The summed E-state index contributed by atoms with van der Waals surface area (Å²) in [6.45, 7) is -1.08. The fourth-order valence-electron chi connectivity index (χ4n) is 15.6. The van der Waals surface area contributed by atoms with Crippen molar-refractivity contribution in [1.82, 2.24) is 115 Å². The second-order valence-electron chi connectivity index (χ2n) is 34.1. The first-order valence-electron chi connectivity index (χ1n) is 47.2. The van der Waals surface area contributed by atoms with Gasteiger partial charge in [-0.25, -0.2) is 10.1 Å². The number of nitrogens with zero attached hydrogens (tertiary/aromatic N) is 5. The first kappa shape index (κ1) is 111. The summed E-state index contributed by atoms with van der Waals surface area (Å²) in [6.07, 6.45) is 16.3. The van der Waals surface area contributed by atoms with E-state index in [9.17, 15) is 77.6 Å². The van der Waals surface area contributed by atoms with Crippen LogP contribution in [0.3, 0.4) is 0 Å². The van der Waals surface area contributed by atoms with Crippen molar-refractivity contribution in [3.8, 4) is 0 Å². The molecule has 2 aliphatic heterocycles. The molecule has 27 N–H and O–H groups in total. The first-order chi connectivity index (χ1) is 66.0. The number of carbonyl (C=O) groups excluding carboxylic acids is 15. The molecule has 137 heavy (non-hydrogen) atoms. The molecule has 2 aromatic carbocycles. The van der Waals surface area contributed by atoms with Crippen molar-refractivity contribution >= 4 is 111 Å². The number of nitrogens with two attached hydrogens (primary N) is 3. The van der Waals surface area contributed by atoms with Crippen LogP contribution in [0.1, 0.15) is 203 Å². The van der Waals surface area contributed by atoms with Crippen LogP contribution in [-0.4, -0.2) is 301 Å². The zero-order chi connectivity index (χ0) is 99.2. The van der Waals surface area contributed by atoms with Crippen LogP contribution in [0.4, 0.5) is 0 Å². The van der Waals surface area contributed by atoms with Crippen molar-refractivity contribution in [3.63, 3.8) is 0 Å². The number of hydrogen-bond donors (Lipinski definition) is 24. The Balaban J connectivity index is 0.949. The molecule has 15 amide bonds. The highest BCUT2D eigenvalue weighted by atomic mass is 16.5. The van der Waals surface area contributed by atoms with E-state index in [2.05, 4.69) is 110 Å². The number of aliphatic carboxylic acids is 1. The Hall–Kier alpha value is -13.2. The number of H-pyrrole nitrogens is 3. The Bertz CT molecular complexity index is 4660. The van der Waals surface area contributed by atoms with Gasteiger partial charge in [0.15, 0.2) is 5.96 Å². The zero-order valence-corrected chi connectivity index (χ0v) is 77.7. The molecule has 2 aliphatic rings. The molecule has 5 aromatic rings. The van der Waals surface area contributed by atoms with Gasteiger partial charge in [0.05, 0.1) is 51.1 Å². The van der Waals surface area contributed by atoms with Gasteiger partial charge in [-0.1, -0.05) is 139 Å². The smallest absolute Gasteiger partial charge is 0.303 e. The van der Waals surface area contributed by atoms with Gasteiger partial charge in [0.2, 0.25) is 88.6 Å². The quantitative estimate of drug-likeness (QED) is 0.0105. The molecule has 0 spiro atoms. The molecule has 47 heteroatoms. The topological polar surface area (TPSA) is 725 Å². The minimum absolute atomic E-state index is 0.00788. The van der Waals surface area contributed by atoms with Crippen LogP contribution in [-0.2, 0) is 112 Å². The maximum absolute atomic E-state index is 15.3. The number of primary amides is 1. The number of unbranched alkanes of at least 4 members (excludes halogenated alkanes) is 13. The Labute approximate surface area is 793 Å². The molecule has 3 aromatic heterocycles. The predicted molar refractivity (Wildman–Crippen MR) is 497 cm³/mol. The number of amides is 15. The highest BCUT2D eigenvalue weighted by Crippen LogP contribution is 2.24. The van der Waals surface area contributed by atoms with E-state index < -0.39 is 233 Å². The molecule has 0 unspecified atom stereocenters. The molecule has 0 saturated carbocycles. The highest BCUT2D eigenvalue weighted by molar-refractivity contribution is 6.01. The molecule has 47 nitrogen and oxygen atoms in total. The van der Waals surface area contributed by atoms with E-state index in [1.165, 1.54) is 63.9 Å². The summed E-state index contributed by atoms with van der Waals surface area (Å²) in [5, 5.41) is 90.3. The van der Waals surface area contributed by atoms with Gasteiger partial charge >= 0.3 is 5.97 Å². The van der Waals surface area contributed by atoms with E-state index in [0.717, 1.165) is 49.2 Å². The van der Waals surface area contributed by atoms with Crippen molar-refractivity contribution in [1.29, 1.82) is 5.41 Å². The minimum Gasteiger partial charge on any atom is -0.481 e. The van der Waals surface area contributed by atoms with Crippen LogP contribution in [0.25, 0.3) is 10.9 Å². The van der Waals surface area contributed by atoms with Gasteiger partial charge in [-0.15, -0.1) is 5.10 Å². The Morgan fingerprint density at radius 1 is 0.613 bits per heavy atom. The molecule has 2 fully saturated rings. The number of guanidine groups is 1. The normalized spacial score (nSPS) is 18.7. The monoisotopic (exact) mass is 1920 g/mol. The molecule has 0 radical (unpaired) electrons.